The molecule has 2 aromatic carbocycles. The number of rotatable bonds is 3. The molecule has 0 radical (unpaired) electrons. The lowest BCUT2D eigenvalue weighted by atomic mass is 10.2. The number of hydrogen-bond acceptors (Lipinski definition) is 5. The molecule has 0 saturated carbocycles. The van der Waals surface area contributed by atoms with Gasteiger partial charge in [0.15, 0.2) is 5.13 Å². The molecule has 0 aliphatic rings. The van der Waals surface area contributed by atoms with Crippen molar-refractivity contribution in [1.82, 2.24) is 9.97 Å². The number of carbonyl (C=O) groups is 1. The first-order valence-corrected chi connectivity index (χ1v) is 8.67. The fraction of sp³-hybridized carbons (Fsp3) is 0. The van der Waals surface area contributed by atoms with Crippen LogP contribution in [-0.4, -0.2) is 15.9 Å². The number of hydrogen-bond donors (Lipinski definition) is 1. The van der Waals surface area contributed by atoms with Crippen molar-refractivity contribution in [2.24, 2.45) is 0 Å². The van der Waals surface area contributed by atoms with Crippen LogP contribution in [0.25, 0.3) is 20.9 Å². The predicted molar refractivity (Wildman–Crippen MR) is 95.1 cm³/mol. The minimum Gasteiger partial charge on any atom is -0.298 e. The van der Waals surface area contributed by atoms with Crippen LogP contribution in [-0.2, 0) is 0 Å². The quantitative estimate of drug-likeness (QED) is 0.591. The van der Waals surface area contributed by atoms with Gasteiger partial charge < -0.3 is 0 Å². The highest BCUT2D eigenvalue weighted by Gasteiger charge is 2.12. The van der Waals surface area contributed by atoms with Crippen LogP contribution in [0.5, 0.6) is 0 Å². The maximum Gasteiger partial charge on any atom is 0.257 e. The Kier molecular flexibility index (Phi) is 3.61. The zero-order valence-corrected chi connectivity index (χ0v) is 13.5. The van der Waals surface area contributed by atoms with Gasteiger partial charge >= 0.3 is 0 Å². The van der Waals surface area contributed by atoms with E-state index >= 15 is 0 Å². The third kappa shape index (κ3) is 2.86. The first kappa shape index (κ1) is 14.0. The Morgan fingerprint density at radius 1 is 0.957 bits per heavy atom. The standard InChI is InChI=1S/C17H11N3OS2/c21-15(11-6-2-1-3-7-11)20-17-19-13(10-22-17)16-18-12-8-4-5-9-14(12)23-16/h1-10H,(H,19,20,21). The molecule has 0 aliphatic heterocycles. The molecule has 0 aliphatic carbocycles. The normalized spacial score (nSPS) is 10.8. The van der Waals surface area contributed by atoms with Gasteiger partial charge in [-0.3, -0.25) is 10.1 Å². The summed E-state index contributed by atoms with van der Waals surface area (Å²) >= 11 is 3.00. The molecule has 0 spiro atoms. The van der Waals surface area contributed by atoms with E-state index in [-0.39, 0.29) is 5.91 Å². The van der Waals surface area contributed by atoms with E-state index in [1.807, 2.05) is 47.8 Å². The van der Waals surface area contributed by atoms with Gasteiger partial charge in [-0.1, -0.05) is 30.3 Å². The van der Waals surface area contributed by atoms with Crippen molar-refractivity contribution in [2.75, 3.05) is 5.32 Å². The smallest absolute Gasteiger partial charge is 0.257 e. The highest BCUT2D eigenvalue weighted by molar-refractivity contribution is 7.22. The molecular weight excluding hydrogens is 326 g/mol. The second kappa shape index (κ2) is 5.91. The fourth-order valence-corrected chi connectivity index (χ4v) is 3.86. The summed E-state index contributed by atoms with van der Waals surface area (Å²) in [7, 11) is 0. The van der Waals surface area contributed by atoms with E-state index in [0.717, 1.165) is 20.9 Å². The molecule has 2 aromatic heterocycles. The highest BCUT2D eigenvalue weighted by Crippen LogP contribution is 2.31. The van der Waals surface area contributed by atoms with Crippen molar-refractivity contribution in [1.29, 1.82) is 0 Å². The topological polar surface area (TPSA) is 54.9 Å². The zero-order valence-electron chi connectivity index (χ0n) is 11.9. The van der Waals surface area contributed by atoms with Gasteiger partial charge in [-0.2, -0.15) is 0 Å². The largest absolute Gasteiger partial charge is 0.298 e. The Hall–Kier alpha value is -2.57. The Morgan fingerprint density at radius 3 is 2.57 bits per heavy atom. The third-order valence-corrected chi connectivity index (χ3v) is 5.09. The summed E-state index contributed by atoms with van der Waals surface area (Å²) in [5.41, 5.74) is 2.37. The predicted octanol–water partition coefficient (Wildman–Crippen LogP) is 4.67. The zero-order chi connectivity index (χ0) is 15.6. The summed E-state index contributed by atoms with van der Waals surface area (Å²) in [5.74, 6) is -0.157. The van der Waals surface area contributed by atoms with Crippen molar-refractivity contribution < 1.29 is 4.79 Å². The Bertz CT molecular complexity index is 943. The number of fused-ring (bicyclic) bond motifs is 1. The van der Waals surface area contributed by atoms with Gasteiger partial charge in [-0.05, 0) is 24.3 Å². The van der Waals surface area contributed by atoms with Crippen molar-refractivity contribution >= 4 is 43.9 Å². The summed E-state index contributed by atoms with van der Waals surface area (Å²) < 4.78 is 1.13. The van der Waals surface area contributed by atoms with Crippen molar-refractivity contribution in [3.8, 4) is 10.7 Å². The molecule has 1 amide bonds. The van der Waals surface area contributed by atoms with Gasteiger partial charge in [-0.25, -0.2) is 9.97 Å². The molecule has 4 aromatic rings. The number of benzene rings is 2. The van der Waals surface area contributed by atoms with Gasteiger partial charge in [0.05, 0.1) is 10.2 Å². The number of aromatic nitrogens is 2. The lowest BCUT2D eigenvalue weighted by molar-refractivity contribution is 0.102. The molecule has 0 atom stereocenters. The Morgan fingerprint density at radius 2 is 1.74 bits per heavy atom. The SMILES string of the molecule is O=C(Nc1nc(-c2nc3ccccc3s2)cs1)c1ccccc1. The second-order valence-corrected chi connectivity index (χ2v) is 6.73. The molecule has 4 rings (SSSR count). The average molecular weight is 337 g/mol. The number of nitrogens with one attached hydrogen (secondary N) is 1. The lowest BCUT2D eigenvalue weighted by Gasteiger charge is -2.00. The minimum atomic E-state index is -0.157. The van der Waals surface area contributed by atoms with E-state index in [1.165, 1.54) is 11.3 Å². The number of carbonyl (C=O) groups excluding carboxylic acids is 1. The van der Waals surface area contributed by atoms with Crippen molar-refractivity contribution in [3.63, 3.8) is 0 Å². The number of anilines is 1. The molecule has 6 heteroatoms. The van der Waals surface area contributed by atoms with Crippen LogP contribution in [0.15, 0.2) is 60.0 Å². The summed E-state index contributed by atoms with van der Waals surface area (Å²) in [6.07, 6.45) is 0. The molecule has 0 saturated heterocycles. The molecule has 23 heavy (non-hydrogen) atoms. The van der Waals surface area contributed by atoms with E-state index in [0.29, 0.717) is 10.7 Å². The number of amides is 1. The van der Waals surface area contributed by atoms with Gasteiger partial charge in [0.25, 0.3) is 5.91 Å². The summed E-state index contributed by atoms with van der Waals surface area (Å²) in [6.45, 7) is 0. The summed E-state index contributed by atoms with van der Waals surface area (Å²) in [4.78, 5) is 21.2. The van der Waals surface area contributed by atoms with Crippen LogP contribution in [0.1, 0.15) is 10.4 Å². The van der Waals surface area contributed by atoms with Gasteiger partial charge in [0.1, 0.15) is 10.7 Å². The molecule has 0 fully saturated rings. The van der Waals surface area contributed by atoms with E-state index in [2.05, 4.69) is 15.3 Å². The van der Waals surface area contributed by atoms with Crippen LogP contribution >= 0.6 is 22.7 Å². The third-order valence-electron chi connectivity index (χ3n) is 3.27. The molecule has 0 bridgehead atoms. The van der Waals surface area contributed by atoms with E-state index in [4.69, 9.17) is 0 Å². The van der Waals surface area contributed by atoms with Crippen molar-refractivity contribution in [3.05, 3.63) is 65.5 Å². The van der Waals surface area contributed by atoms with E-state index in [9.17, 15) is 4.79 Å². The van der Waals surface area contributed by atoms with Crippen LogP contribution in [0.3, 0.4) is 0 Å². The maximum absolute atomic E-state index is 12.1. The Balaban J connectivity index is 1.58. The number of nitrogens with zero attached hydrogens (tertiary/aromatic N) is 2. The van der Waals surface area contributed by atoms with E-state index in [1.54, 1.807) is 23.5 Å². The van der Waals surface area contributed by atoms with Gasteiger partial charge in [0.2, 0.25) is 0 Å². The number of para-hydroxylation sites is 1. The van der Waals surface area contributed by atoms with E-state index < -0.39 is 0 Å². The van der Waals surface area contributed by atoms with Gasteiger partial charge in [0, 0.05) is 10.9 Å². The van der Waals surface area contributed by atoms with Crippen LogP contribution in [0, 0.1) is 0 Å². The van der Waals surface area contributed by atoms with Crippen LogP contribution in [0.2, 0.25) is 0 Å². The average Bonchev–Trinajstić information content (AvgIpc) is 3.21. The summed E-state index contributed by atoms with van der Waals surface area (Å²) in [5, 5.41) is 6.18. The Labute approximate surface area is 140 Å². The second-order valence-electron chi connectivity index (χ2n) is 4.84. The summed E-state index contributed by atoms with van der Waals surface area (Å²) in [6, 6.07) is 17.1. The molecule has 112 valence electrons. The fourth-order valence-electron chi connectivity index (χ4n) is 2.17. The van der Waals surface area contributed by atoms with Crippen LogP contribution in [0.4, 0.5) is 5.13 Å². The molecule has 4 nitrogen and oxygen atoms in total. The van der Waals surface area contributed by atoms with Crippen LogP contribution < -0.4 is 5.32 Å². The molecule has 0 unspecified atom stereocenters. The van der Waals surface area contributed by atoms with Gasteiger partial charge in [-0.15, -0.1) is 22.7 Å². The first-order valence-electron chi connectivity index (χ1n) is 6.97. The molecule has 2 heterocycles. The monoisotopic (exact) mass is 337 g/mol. The first-order chi connectivity index (χ1) is 11.3. The minimum absolute atomic E-state index is 0.157. The maximum atomic E-state index is 12.1. The number of thiazole rings is 2. The lowest BCUT2D eigenvalue weighted by Crippen LogP contribution is -2.11. The molecular formula is C17H11N3OS2. The van der Waals surface area contributed by atoms with Crippen molar-refractivity contribution in [2.45, 2.75) is 0 Å². The highest BCUT2D eigenvalue weighted by atomic mass is 32.1. The molecule has 1 N–H and O–H groups in total.